The number of carbonyl (C=O) groups is 1. The normalized spacial score (nSPS) is 19.3. The maximum Gasteiger partial charge on any atom is 0.410 e. The number of aliphatic hydroxyl groups excluding tert-OH is 1. The number of fused-ring (bicyclic) bond motifs is 1. The molecule has 1 N–H and O–H groups in total. The average molecular weight is 523 g/mol. The summed E-state index contributed by atoms with van der Waals surface area (Å²) < 4.78 is 13.1. The zero-order valence-electron chi connectivity index (χ0n) is 23.0. The molecule has 0 spiro atoms. The Balaban J connectivity index is 1.40. The topological polar surface area (TPSA) is 106 Å². The lowest BCUT2D eigenvalue weighted by Crippen LogP contribution is -2.44. The maximum atomic E-state index is 12.5. The largest absolute Gasteiger partial charge is 0.444 e. The van der Waals surface area contributed by atoms with Gasteiger partial charge in [-0.15, -0.1) is 0 Å². The van der Waals surface area contributed by atoms with E-state index in [0.29, 0.717) is 50.3 Å². The molecule has 2 saturated heterocycles. The summed E-state index contributed by atoms with van der Waals surface area (Å²) >= 11 is 0. The fraction of sp³-hybridized carbons (Fsp3) is 0.571. The van der Waals surface area contributed by atoms with Gasteiger partial charge in [-0.2, -0.15) is 5.10 Å². The molecule has 4 heterocycles. The third-order valence-electron chi connectivity index (χ3n) is 7.24. The van der Waals surface area contributed by atoms with Crippen LogP contribution in [0.5, 0.6) is 0 Å². The van der Waals surface area contributed by atoms with Crippen LogP contribution in [0, 0.1) is 13.8 Å². The van der Waals surface area contributed by atoms with Crippen LogP contribution in [0.4, 0.5) is 10.6 Å². The van der Waals surface area contributed by atoms with Crippen molar-refractivity contribution in [2.45, 2.75) is 65.1 Å². The molecule has 1 amide bonds. The van der Waals surface area contributed by atoms with Crippen molar-refractivity contribution in [3.63, 3.8) is 0 Å². The van der Waals surface area contributed by atoms with Crippen molar-refractivity contribution >= 4 is 22.8 Å². The van der Waals surface area contributed by atoms with Crippen molar-refractivity contribution in [1.82, 2.24) is 24.6 Å². The molecule has 0 unspecified atom stereocenters. The predicted molar refractivity (Wildman–Crippen MR) is 145 cm³/mol. The Hall–Kier alpha value is -3.24. The minimum absolute atomic E-state index is 0.0178. The van der Waals surface area contributed by atoms with Crippen molar-refractivity contribution in [3.05, 3.63) is 41.3 Å². The summed E-state index contributed by atoms with van der Waals surface area (Å²) in [7, 11) is 0. The number of benzene rings is 1. The molecule has 38 heavy (non-hydrogen) atoms. The quantitative estimate of drug-likeness (QED) is 0.552. The average Bonchev–Trinajstić information content (AvgIpc) is 3.29. The van der Waals surface area contributed by atoms with Crippen LogP contribution >= 0.6 is 0 Å². The van der Waals surface area contributed by atoms with Gasteiger partial charge in [0.05, 0.1) is 31.0 Å². The van der Waals surface area contributed by atoms with Gasteiger partial charge in [-0.3, -0.25) is 0 Å². The van der Waals surface area contributed by atoms with Gasteiger partial charge in [-0.1, -0.05) is 0 Å². The van der Waals surface area contributed by atoms with E-state index in [1.165, 1.54) is 11.1 Å². The highest BCUT2D eigenvalue weighted by Crippen LogP contribution is 2.34. The van der Waals surface area contributed by atoms with E-state index in [2.05, 4.69) is 28.9 Å². The van der Waals surface area contributed by atoms with E-state index >= 15 is 0 Å². The second kappa shape index (κ2) is 10.5. The van der Waals surface area contributed by atoms with Gasteiger partial charge in [0.1, 0.15) is 17.2 Å². The number of nitrogens with zero attached hydrogens (tertiary/aromatic N) is 6. The van der Waals surface area contributed by atoms with Crippen molar-refractivity contribution in [3.8, 4) is 5.82 Å². The first-order valence-corrected chi connectivity index (χ1v) is 13.4. The van der Waals surface area contributed by atoms with Crippen molar-refractivity contribution in [1.29, 1.82) is 0 Å². The van der Waals surface area contributed by atoms with E-state index < -0.39 is 5.60 Å². The number of aromatic nitrogens is 4. The Morgan fingerprint density at radius 3 is 2.55 bits per heavy atom. The lowest BCUT2D eigenvalue weighted by Gasteiger charge is -2.34. The summed E-state index contributed by atoms with van der Waals surface area (Å²) in [5.74, 6) is 2.53. The molecule has 2 fully saturated rings. The van der Waals surface area contributed by atoms with Crippen LogP contribution in [0.1, 0.15) is 56.5 Å². The monoisotopic (exact) mass is 522 g/mol. The number of rotatable bonds is 4. The predicted octanol–water partition coefficient (Wildman–Crippen LogP) is 3.74. The molecule has 5 rings (SSSR count). The molecule has 2 aliphatic heterocycles. The fourth-order valence-electron chi connectivity index (χ4n) is 5.37. The van der Waals surface area contributed by atoms with Gasteiger partial charge in [0, 0.05) is 37.6 Å². The van der Waals surface area contributed by atoms with Crippen molar-refractivity contribution in [2.75, 3.05) is 44.3 Å². The molecule has 1 aromatic carbocycles. The third kappa shape index (κ3) is 5.61. The Morgan fingerprint density at radius 2 is 1.84 bits per heavy atom. The molecule has 2 aromatic heterocycles. The summed E-state index contributed by atoms with van der Waals surface area (Å²) in [4.78, 5) is 25.8. The van der Waals surface area contributed by atoms with Gasteiger partial charge in [0.25, 0.3) is 0 Å². The molecule has 1 atom stereocenters. The zero-order chi connectivity index (χ0) is 27.0. The van der Waals surface area contributed by atoms with Crippen LogP contribution in [-0.4, -0.2) is 86.9 Å². The van der Waals surface area contributed by atoms with E-state index in [-0.39, 0.29) is 18.8 Å². The molecular weight excluding hydrogens is 484 g/mol. The van der Waals surface area contributed by atoms with Gasteiger partial charge in [0.15, 0.2) is 5.82 Å². The van der Waals surface area contributed by atoms with Gasteiger partial charge in [0.2, 0.25) is 0 Å². The molecule has 3 aromatic rings. The zero-order valence-corrected chi connectivity index (χ0v) is 23.0. The van der Waals surface area contributed by atoms with E-state index in [1.807, 2.05) is 49.5 Å². The number of anilines is 1. The molecule has 0 aliphatic carbocycles. The molecule has 0 saturated carbocycles. The summed E-state index contributed by atoms with van der Waals surface area (Å²) in [6, 6.07) is 6.38. The third-order valence-corrected chi connectivity index (χ3v) is 7.24. The number of ether oxygens (including phenoxy) is 2. The van der Waals surface area contributed by atoms with Crippen LogP contribution in [-0.2, 0) is 9.47 Å². The van der Waals surface area contributed by atoms with Gasteiger partial charge in [-0.25, -0.2) is 19.4 Å². The SMILES string of the molecule is Cc1nc(N2CCO[C@@H](CO)C2)cc(-n2ncc3cc(C)c(C4CCN(C(=O)OC(C)(C)C)CC4)cc32)n1. The molecule has 2 aliphatic rings. The van der Waals surface area contributed by atoms with E-state index in [9.17, 15) is 9.90 Å². The Labute approximate surface area is 223 Å². The number of hydrogen-bond donors (Lipinski definition) is 1. The number of piperidine rings is 1. The first kappa shape index (κ1) is 26.4. The van der Waals surface area contributed by atoms with E-state index in [1.54, 1.807) is 0 Å². The molecule has 10 nitrogen and oxygen atoms in total. The highest BCUT2D eigenvalue weighted by Gasteiger charge is 2.29. The van der Waals surface area contributed by atoms with Crippen LogP contribution < -0.4 is 4.90 Å². The van der Waals surface area contributed by atoms with Crippen LogP contribution in [0.15, 0.2) is 24.4 Å². The second-order valence-electron chi connectivity index (χ2n) is 11.3. The summed E-state index contributed by atoms with van der Waals surface area (Å²) in [5.41, 5.74) is 3.03. The number of aryl methyl sites for hydroxylation is 2. The minimum atomic E-state index is -0.491. The molecule has 0 bridgehead atoms. The highest BCUT2D eigenvalue weighted by molar-refractivity contribution is 5.82. The standard InChI is InChI=1S/C28H38N6O4/c1-18-12-21-15-29-34(26-14-25(30-19(2)31-26)33-10-11-37-22(16-33)17-35)24(21)13-23(18)20-6-8-32(9-7-20)27(36)38-28(3,4)5/h12-15,20,22,35H,6-11,16-17H2,1-5H3/t22-/m1/s1. The van der Waals surface area contributed by atoms with E-state index in [4.69, 9.17) is 19.6 Å². The first-order valence-electron chi connectivity index (χ1n) is 13.4. The number of hydrogen-bond acceptors (Lipinski definition) is 8. The fourth-order valence-corrected chi connectivity index (χ4v) is 5.37. The number of carbonyl (C=O) groups excluding carboxylic acids is 1. The number of amides is 1. The molecular formula is C28H38N6O4. The lowest BCUT2D eigenvalue weighted by atomic mass is 9.86. The Morgan fingerprint density at radius 1 is 1.11 bits per heavy atom. The highest BCUT2D eigenvalue weighted by atomic mass is 16.6. The maximum absolute atomic E-state index is 12.5. The molecule has 0 radical (unpaired) electrons. The van der Waals surface area contributed by atoms with Gasteiger partial charge < -0.3 is 24.4 Å². The lowest BCUT2D eigenvalue weighted by molar-refractivity contribution is 0.00335. The van der Waals surface area contributed by atoms with Crippen LogP contribution in [0.25, 0.3) is 16.7 Å². The second-order valence-corrected chi connectivity index (χ2v) is 11.3. The Bertz CT molecular complexity index is 1310. The molecule has 204 valence electrons. The summed E-state index contributed by atoms with van der Waals surface area (Å²) in [6.45, 7) is 12.9. The van der Waals surface area contributed by atoms with Crippen molar-refractivity contribution in [2.24, 2.45) is 0 Å². The van der Waals surface area contributed by atoms with E-state index in [0.717, 1.165) is 29.6 Å². The number of likely N-dealkylation sites (tertiary alicyclic amines) is 1. The Kier molecular flexibility index (Phi) is 7.28. The van der Waals surface area contributed by atoms with Crippen LogP contribution in [0.3, 0.4) is 0 Å². The number of morpholine rings is 1. The first-order chi connectivity index (χ1) is 18.1. The molecule has 10 heteroatoms. The number of aliphatic hydroxyl groups is 1. The van der Waals surface area contributed by atoms with Gasteiger partial charge >= 0.3 is 6.09 Å². The summed E-state index contributed by atoms with van der Waals surface area (Å²) in [6.07, 6.45) is 3.20. The van der Waals surface area contributed by atoms with Gasteiger partial charge in [-0.05, 0) is 76.6 Å². The summed E-state index contributed by atoms with van der Waals surface area (Å²) in [5, 5.41) is 15.3. The smallest absolute Gasteiger partial charge is 0.410 e. The van der Waals surface area contributed by atoms with Crippen molar-refractivity contribution < 1.29 is 19.4 Å². The van der Waals surface area contributed by atoms with Crippen LogP contribution in [0.2, 0.25) is 0 Å². The minimum Gasteiger partial charge on any atom is -0.444 e.